The summed E-state index contributed by atoms with van der Waals surface area (Å²) in [6.07, 6.45) is 0. The average Bonchev–Trinajstić information content (AvgIpc) is 2.39. The highest BCUT2D eigenvalue weighted by molar-refractivity contribution is 5.32. The van der Waals surface area contributed by atoms with E-state index in [9.17, 15) is 0 Å². The Labute approximate surface area is 99.7 Å². The summed E-state index contributed by atoms with van der Waals surface area (Å²) in [7, 11) is 3.11. The minimum absolute atomic E-state index is 0.461. The van der Waals surface area contributed by atoms with Gasteiger partial charge in [0, 0.05) is 13.1 Å². The molecule has 94 valence electrons. The van der Waals surface area contributed by atoms with Crippen LogP contribution in [0.2, 0.25) is 0 Å². The summed E-state index contributed by atoms with van der Waals surface area (Å²) in [5.74, 6) is 1.39. The van der Waals surface area contributed by atoms with E-state index in [1.165, 1.54) is 0 Å². The van der Waals surface area contributed by atoms with Crippen LogP contribution in [-0.4, -0.2) is 55.5 Å². The average molecular weight is 240 g/mol. The van der Waals surface area contributed by atoms with Gasteiger partial charge in [-0.1, -0.05) is 0 Å². The molecule has 0 bridgehead atoms. The van der Waals surface area contributed by atoms with Gasteiger partial charge in [-0.3, -0.25) is 5.43 Å². The number of hydrogen-bond acceptors (Lipinski definition) is 7. The first kappa shape index (κ1) is 11.9. The van der Waals surface area contributed by atoms with Gasteiger partial charge < -0.3 is 14.2 Å². The van der Waals surface area contributed by atoms with Crippen molar-refractivity contribution in [2.24, 2.45) is 0 Å². The van der Waals surface area contributed by atoms with E-state index in [1.54, 1.807) is 20.3 Å². The first-order valence-corrected chi connectivity index (χ1v) is 5.38. The molecule has 0 unspecified atom stereocenters. The maximum absolute atomic E-state index is 5.26. The fourth-order valence-electron chi connectivity index (χ4n) is 1.48. The van der Waals surface area contributed by atoms with Crippen LogP contribution >= 0.6 is 0 Å². The zero-order chi connectivity index (χ0) is 12.1. The molecule has 1 aliphatic rings. The lowest BCUT2D eigenvalue weighted by Crippen LogP contribution is -2.40. The highest BCUT2D eigenvalue weighted by atomic mass is 16.5. The molecular weight excluding hydrogens is 224 g/mol. The molecule has 1 fully saturated rings. The lowest BCUT2D eigenvalue weighted by Gasteiger charge is -2.26. The molecule has 1 aromatic heterocycles. The Hall–Kier alpha value is -1.60. The second-order valence-electron chi connectivity index (χ2n) is 3.49. The van der Waals surface area contributed by atoms with E-state index < -0.39 is 0 Å². The van der Waals surface area contributed by atoms with Gasteiger partial charge in [-0.15, -0.1) is 0 Å². The second-order valence-corrected chi connectivity index (χ2v) is 3.49. The lowest BCUT2D eigenvalue weighted by molar-refractivity contribution is 0.0492. The Bertz CT molecular complexity index is 346. The summed E-state index contributed by atoms with van der Waals surface area (Å²) >= 11 is 0. The molecule has 0 spiro atoms. The molecule has 1 saturated heterocycles. The Morgan fingerprint density at radius 2 is 1.76 bits per heavy atom. The number of hydrogen-bond donors (Lipinski definition) is 1. The van der Waals surface area contributed by atoms with Crippen LogP contribution in [0.1, 0.15) is 0 Å². The number of nitrogens with zero attached hydrogens (tertiary/aromatic N) is 3. The summed E-state index contributed by atoms with van der Waals surface area (Å²) in [4.78, 5) is 8.37. The third-order valence-electron chi connectivity index (χ3n) is 2.37. The van der Waals surface area contributed by atoms with Gasteiger partial charge in [0.25, 0.3) is 0 Å². The number of anilines is 1. The van der Waals surface area contributed by atoms with Crippen LogP contribution in [0.3, 0.4) is 0 Å². The molecular formula is C10H16N4O3. The van der Waals surface area contributed by atoms with Gasteiger partial charge in [-0.05, 0) is 0 Å². The highest BCUT2D eigenvalue weighted by Gasteiger charge is 2.12. The first-order chi connectivity index (χ1) is 8.31. The van der Waals surface area contributed by atoms with E-state index in [0.29, 0.717) is 30.9 Å². The molecule has 0 aromatic carbocycles. The summed E-state index contributed by atoms with van der Waals surface area (Å²) in [5, 5.41) is 2.00. The summed E-state index contributed by atoms with van der Waals surface area (Å²) in [5.41, 5.74) is 3.10. The Kier molecular flexibility index (Phi) is 3.94. The van der Waals surface area contributed by atoms with Gasteiger partial charge in [-0.2, -0.15) is 9.97 Å². The zero-order valence-corrected chi connectivity index (χ0v) is 9.97. The Balaban J connectivity index is 2.07. The van der Waals surface area contributed by atoms with Gasteiger partial charge in [0.2, 0.25) is 17.7 Å². The maximum Gasteiger partial charge on any atom is 0.244 e. The number of aromatic nitrogens is 2. The molecule has 1 N–H and O–H groups in total. The van der Waals surface area contributed by atoms with Crippen molar-refractivity contribution < 1.29 is 14.2 Å². The summed E-state index contributed by atoms with van der Waals surface area (Å²) < 4.78 is 15.4. The van der Waals surface area contributed by atoms with Crippen molar-refractivity contribution in [3.8, 4) is 11.8 Å². The summed E-state index contributed by atoms with van der Waals surface area (Å²) in [6, 6.07) is 1.63. The SMILES string of the molecule is COc1cc(OC)nc(NN2CCOCC2)n1. The van der Waals surface area contributed by atoms with E-state index >= 15 is 0 Å². The summed E-state index contributed by atoms with van der Waals surface area (Å²) in [6.45, 7) is 2.99. The third kappa shape index (κ3) is 3.18. The molecule has 0 saturated carbocycles. The van der Waals surface area contributed by atoms with E-state index in [1.807, 2.05) is 5.01 Å². The molecule has 1 aromatic rings. The van der Waals surface area contributed by atoms with Crippen molar-refractivity contribution in [3.63, 3.8) is 0 Å². The fourth-order valence-corrected chi connectivity index (χ4v) is 1.48. The Morgan fingerprint density at radius 3 is 2.29 bits per heavy atom. The van der Waals surface area contributed by atoms with Crippen molar-refractivity contribution in [1.29, 1.82) is 0 Å². The van der Waals surface area contributed by atoms with Gasteiger partial charge in [0.1, 0.15) is 0 Å². The number of rotatable bonds is 4. The number of morpholine rings is 1. The van der Waals surface area contributed by atoms with Gasteiger partial charge in [0.15, 0.2) is 0 Å². The van der Waals surface area contributed by atoms with Gasteiger partial charge in [-0.25, -0.2) is 5.01 Å². The van der Waals surface area contributed by atoms with E-state index in [2.05, 4.69) is 15.4 Å². The molecule has 17 heavy (non-hydrogen) atoms. The standard InChI is InChI=1S/C10H16N4O3/c1-15-8-7-9(16-2)12-10(11-8)13-14-3-5-17-6-4-14/h7H,3-6H2,1-2H3,(H,11,12,13). The molecule has 7 nitrogen and oxygen atoms in total. The number of methoxy groups -OCH3 is 2. The molecule has 0 atom stereocenters. The quantitative estimate of drug-likeness (QED) is 0.803. The van der Waals surface area contributed by atoms with Crippen LogP contribution in [0.4, 0.5) is 5.95 Å². The molecule has 0 aliphatic carbocycles. The second kappa shape index (κ2) is 5.65. The molecule has 1 aliphatic heterocycles. The van der Waals surface area contributed by atoms with Crippen molar-refractivity contribution in [2.75, 3.05) is 45.9 Å². The number of hydrazine groups is 1. The van der Waals surface area contributed by atoms with Crippen molar-refractivity contribution in [2.45, 2.75) is 0 Å². The van der Waals surface area contributed by atoms with Crippen LogP contribution in [0.15, 0.2) is 6.07 Å². The smallest absolute Gasteiger partial charge is 0.244 e. The Morgan fingerprint density at radius 1 is 1.18 bits per heavy atom. The molecule has 7 heteroatoms. The van der Waals surface area contributed by atoms with Crippen LogP contribution in [0.5, 0.6) is 11.8 Å². The van der Waals surface area contributed by atoms with E-state index in [-0.39, 0.29) is 0 Å². The molecule has 0 radical (unpaired) electrons. The minimum Gasteiger partial charge on any atom is -0.481 e. The highest BCUT2D eigenvalue weighted by Crippen LogP contribution is 2.17. The fraction of sp³-hybridized carbons (Fsp3) is 0.600. The third-order valence-corrected chi connectivity index (χ3v) is 2.37. The van der Waals surface area contributed by atoms with Crippen LogP contribution in [-0.2, 0) is 4.74 Å². The lowest BCUT2D eigenvalue weighted by atomic mass is 10.5. The predicted molar refractivity (Wildman–Crippen MR) is 61.2 cm³/mol. The first-order valence-electron chi connectivity index (χ1n) is 5.38. The van der Waals surface area contributed by atoms with Crippen LogP contribution < -0.4 is 14.9 Å². The van der Waals surface area contributed by atoms with Crippen LogP contribution in [0, 0.1) is 0 Å². The normalized spacial score (nSPS) is 16.6. The van der Waals surface area contributed by atoms with Gasteiger partial charge in [0.05, 0.1) is 33.5 Å². The molecule has 2 heterocycles. The monoisotopic (exact) mass is 240 g/mol. The number of ether oxygens (including phenoxy) is 3. The largest absolute Gasteiger partial charge is 0.481 e. The number of nitrogens with one attached hydrogen (secondary N) is 1. The van der Waals surface area contributed by atoms with Crippen molar-refractivity contribution in [3.05, 3.63) is 6.07 Å². The topological polar surface area (TPSA) is 68.7 Å². The van der Waals surface area contributed by atoms with Crippen LogP contribution in [0.25, 0.3) is 0 Å². The van der Waals surface area contributed by atoms with Crippen molar-refractivity contribution >= 4 is 5.95 Å². The van der Waals surface area contributed by atoms with E-state index in [4.69, 9.17) is 14.2 Å². The van der Waals surface area contributed by atoms with E-state index in [0.717, 1.165) is 13.1 Å². The molecule has 0 amide bonds. The maximum atomic E-state index is 5.26. The zero-order valence-electron chi connectivity index (χ0n) is 9.97. The minimum atomic E-state index is 0.461. The predicted octanol–water partition coefficient (Wildman–Crippen LogP) is 0.153. The van der Waals surface area contributed by atoms with Gasteiger partial charge >= 0.3 is 0 Å². The van der Waals surface area contributed by atoms with Crippen molar-refractivity contribution in [1.82, 2.24) is 15.0 Å². The molecule has 2 rings (SSSR count).